The SMILES string of the molecule is Cc1ccc(C)c2[cH-]ccc12.Cc1ccc(C)c2[cH-]ccc12.[CH3-].[CH3-].[Si]=[Zr]. The second-order valence-electron chi connectivity index (χ2n) is 6.10. The number of rotatable bonds is 0. The Labute approximate surface area is 176 Å². The van der Waals surface area contributed by atoms with Crippen LogP contribution < -0.4 is 0 Å². The maximum absolute atomic E-state index is 3.06. The summed E-state index contributed by atoms with van der Waals surface area (Å²) in [6.07, 6.45) is 0. The van der Waals surface area contributed by atoms with Crippen molar-refractivity contribution in [2.24, 2.45) is 0 Å². The number of fused-ring (bicyclic) bond motifs is 2. The molecular weight excluding hydrogens is 408 g/mol. The van der Waals surface area contributed by atoms with E-state index >= 15 is 0 Å². The molecule has 2 radical (unpaired) electrons. The molecule has 0 saturated carbocycles. The van der Waals surface area contributed by atoms with Crippen LogP contribution in [-0.2, 0) is 23.3 Å². The fourth-order valence-electron chi connectivity index (χ4n) is 3.07. The third kappa shape index (κ3) is 5.38. The van der Waals surface area contributed by atoms with E-state index in [9.17, 15) is 0 Å². The molecule has 136 valence electrons. The first-order valence-corrected chi connectivity index (χ1v) is 12.2. The van der Waals surface area contributed by atoms with Gasteiger partial charge in [0.2, 0.25) is 0 Å². The summed E-state index contributed by atoms with van der Waals surface area (Å²) in [6.45, 7) is 11.7. The normalized spacial score (nSPS) is 9.19. The number of hydrogen-bond acceptors (Lipinski definition) is 0. The van der Waals surface area contributed by atoms with Gasteiger partial charge in [-0.05, 0) is 13.8 Å². The van der Waals surface area contributed by atoms with Gasteiger partial charge >= 0.3 is 30.2 Å². The first-order chi connectivity index (χ1) is 11.6. The zero-order valence-electron chi connectivity index (χ0n) is 16.8. The molecule has 0 aromatic heterocycles. The number of hydrogen-bond donors (Lipinski definition) is 0. The summed E-state index contributed by atoms with van der Waals surface area (Å²) in [5.74, 6) is 0. The Kier molecular flexibility index (Phi) is 10.9. The molecule has 0 spiro atoms. The summed E-state index contributed by atoms with van der Waals surface area (Å²) in [5.41, 5.74) is 5.48. The van der Waals surface area contributed by atoms with Gasteiger partial charge in [-0.1, -0.05) is 37.1 Å². The first kappa shape index (κ1) is 24.8. The molecule has 2 heteroatoms. The second-order valence-corrected chi connectivity index (χ2v) is 6.10. The molecule has 0 saturated heterocycles. The van der Waals surface area contributed by atoms with E-state index in [1.807, 2.05) is 0 Å². The van der Waals surface area contributed by atoms with Crippen molar-refractivity contribution in [3.05, 3.63) is 97.8 Å². The van der Waals surface area contributed by atoms with Crippen LogP contribution in [0.1, 0.15) is 22.3 Å². The molecule has 0 amide bonds. The Balaban J connectivity index is 0.000000410. The average Bonchev–Trinajstić information content (AvgIpc) is 3.27. The van der Waals surface area contributed by atoms with Gasteiger partial charge in [0, 0.05) is 0 Å². The van der Waals surface area contributed by atoms with Gasteiger partial charge in [-0.2, -0.15) is 24.3 Å². The van der Waals surface area contributed by atoms with Gasteiger partial charge in [0.1, 0.15) is 0 Å². The molecule has 0 nitrogen and oxygen atoms in total. The van der Waals surface area contributed by atoms with E-state index in [0.29, 0.717) is 0 Å². The molecule has 0 aliphatic carbocycles. The standard InChI is InChI=1S/2C11H11.2CH3.Si.Zr/c2*1-8-6-7-9(2)11-5-3-4-10(8)11;;;;/h2*3-7H,1-2H3;2*1H3;;/q4*-1;;. The fourth-order valence-corrected chi connectivity index (χ4v) is 3.07. The van der Waals surface area contributed by atoms with Crippen LogP contribution in [0.2, 0.25) is 0 Å². The van der Waals surface area contributed by atoms with Crippen LogP contribution in [0.3, 0.4) is 0 Å². The Morgan fingerprint density at radius 2 is 0.885 bits per heavy atom. The van der Waals surface area contributed by atoms with Crippen molar-refractivity contribution in [1.82, 2.24) is 0 Å². The van der Waals surface area contributed by atoms with Crippen molar-refractivity contribution in [2.45, 2.75) is 27.7 Å². The van der Waals surface area contributed by atoms with Gasteiger partial charge in [0.05, 0.1) is 0 Å². The minimum atomic E-state index is 0. The van der Waals surface area contributed by atoms with Gasteiger partial charge in [-0.25, -0.2) is 0 Å². The second kappa shape index (κ2) is 11.5. The summed E-state index contributed by atoms with van der Waals surface area (Å²) >= 11 is 1.36. The van der Waals surface area contributed by atoms with Crippen LogP contribution in [0.15, 0.2) is 60.7 Å². The molecule has 26 heavy (non-hydrogen) atoms. The van der Waals surface area contributed by atoms with E-state index in [1.165, 1.54) is 67.1 Å². The molecule has 0 fully saturated rings. The third-order valence-electron chi connectivity index (χ3n) is 4.50. The zero-order chi connectivity index (χ0) is 17.7. The summed E-state index contributed by atoms with van der Waals surface area (Å²) in [6, 6.07) is 21.7. The van der Waals surface area contributed by atoms with Crippen LogP contribution in [0.5, 0.6) is 0 Å². The van der Waals surface area contributed by atoms with Gasteiger partial charge in [0.15, 0.2) is 0 Å². The Morgan fingerprint density at radius 1 is 0.577 bits per heavy atom. The molecule has 0 unspecified atom stereocenters. The molecule has 4 aromatic rings. The third-order valence-corrected chi connectivity index (χ3v) is 4.50. The molecule has 0 atom stereocenters. The summed E-state index contributed by atoms with van der Waals surface area (Å²) in [4.78, 5) is 0. The predicted octanol–water partition coefficient (Wildman–Crippen LogP) is 6.87. The molecule has 0 aliphatic rings. The summed E-state index contributed by atoms with van der Waals surface area (Å²) in [5, 5.41) is 5.57. The zero-order valence-corrected chi connectivity index (χ0v) is 20.2. The predicted molar refractivity (Wildman–Crippen MR) is 117 cm³/mol. The van der Waals surface area contributed by atoms with Crippen molar-refractivity contribution in [3.63, 3.8) is 0 Å². The van der Waals surface area contributed by atoms with Gasteiger partial charge in [-0.3, -0.25) is 0 Å². The van der Waals surface area contributed by atoms with Gasteiger partial charge < -0.3 is 14.9 Å². The van der Waals surface area contributed by atoms with Crippen LogP contribution >= 0.6 is 0 Å². The molecule has 0 bridgehead atoms. The van der Waals surface area contributed by atoms with E-state index in [0.717, 1.165) is 0 Å². The molecular formula is C24H28SiZr-4. The van der Waals surface area contributed by atoms with Crippen molar-refractivity contribution in [3.8, 4) is 0 Å². The van der Waals surface area contributed by atoms with Crippen molar-refractivity contribution >= 4 is 28.4 Å². The Hall–Kier alpha value is -1.24. The quantitative estimate of drug-likeness (QED) is 0.209. The molecule has 0 N–H and O–H groups in total. The molecule has 4 rings (SSSR count). The van der Waals surface area contributed by atoms with Crippen molar-refractivity contribution in [1.29, 1.82) is 0 Å². The van der Waals surface area contributed by atoms with Crippen LogP contribution in [0, 0.1) is 42.5 Å². The minimum absolute atomic E-state index is 0. The average molecular weight is 436 g/mol. The summed E-state index contributed by atoms with van der Waals surface area (Å²) < 4.78 is 0. The van der Waals surface area contributed by atoms with Crippen LogP contribution in [0.25, 0.3) is 21.5 Å². The summed E-state index contributed by atoms with van der Waals surface area (Å²) in [7, 11) is 0. The van der Waals surface area contributed by atoms with Gasteiger partial charge in [-0.15, -0.1) is 56.9 Å². The van der Waals surface area contributed by atoms with Crippen LogP contribution in [0.4, 0.5) is 0 Å². The van der Waals surface area contributed by atoms with E-state index < -0.39 is 0 Å². The Morgan fingerprint density at radius 3 is 1.19 bits per heavy atom. The van der Waals surface area contributed by atoms with E-state index in [2.05, 4.69) is 95.2 Å². The van der Waals surface area contributed by atoms with Crippen molar-refractivity contribution in [2.75, 3.05) is 0 Å². The maximum atomic E-state index is 3.06. The van der Waals surface area contributed by atoms with Gasteiger partial charge in [0.25, 0.3) is 0 Å². The van der Waals surface area contributed by atoms with E-state index in [4.69, 9.17) is 0 Å². The fraction of sp³-hybridized carbons (Fsp3) is 0.167. The topological polar surface area (TPSA) is 0 Å². The monoisotopic (exact) mass is 434 g/mol. The van der Waals surface area contributed by atoms with Crippen molar-refractivity contribution < 1.29 is 23.3 Å². The molecule has 0 aliphatic heterocycles. The first-order valence-electron chi connectivity index (χ1n) is 8.06. The van der Waals surface area contributed by atoms with E-state index in [1.54, 1.807) is 0 Å². The number of benzene rings is 2. The molecule has 4 aromatic carbocycles. The Bertz CT molecular complexity index is 793. The molecule has 0 heterocycles. The van der Waals surface area contributed by atoms with E-state index in [-0.39, 0.29) is 14.9 Å². The number of aryl methyl sites for hydroxylation is 4. The van der Waals surface area contributed by atoms with Crippen LogP contribution in [-0.4, -0.2) is 6.88 Å².